The van der Waals surface area contributed by atoms with E-state index in [0.29, 0.717) is 5.41 Å². The maximum absolute atomic E-state index is 11.8. The summed E-state index contributed by atoms with van der Waals surface area (Å²) in [4.78, 5) is 11.8. The zero-order valence-corrected chi connectivity index (χ0v) is 9.64. The number of carbonyl (C=O) groups excluding carboxylic acids is 1. The highest BCUT2D eigenvalue weighted by Crippen LogP contribution is 2.47. The number of nitrogens with one attached hydrogen (secondary N) is 2. The lowest BCUT2D eigenvalue weighted by Gasteiger charge is -2.23. The fourth-order valence-electron chi connectivity index (χ4n) is 2.33. The predicted molar refractivity (Wildman–Crippen MR) is 60.6 cm³/mol. The SMILES string of the molecule is CCC1(CNC(=O)C2CCCNC2)CC1. The van der Waals surface area contributed by atoms with E-state index in [2.05, 4.69) is 17.6 Å². The Morgan fingerprint density at radius 2 is 2.33 bits per heavy atom. The van der Waals surface area contributed by atoms with Gasteiger partial charge in [-0.2, -0.15) is 0 Å². The summed E-state index contributed by atoms with van der Waals surface area (Å²) in [5.41, 5.74) is 0.470. The van der Waals surface area contributed by atoms with Crippen molar-refractivity contribution in [3.63, 3.8) is 0 Å². The van der Waals surface area contributed by atoms with Crippen LogP contribution in [0.5, 0.6) is 0 Å². The third-order valence-corrected chi connectivity index (χ3v) is 4.01. The molecular formula is C12H22N2O. The van der Waals surface area contributed by atoms with Gasteiger partial charge in [0.1, 0.15) is 0 Å². The van der Waals surface area contributed by atoms with Crippen molar-refractivity contribution < 1.29 is 4.79 Å². The zero-order valence-electron chi connectivity index (χ0n) is 9.64. The van der Waals surface area contributed by atoms with Crippen molar-refractivity contribution in [2.24, 2.45) is 11.3 Å². The average Bonchev–Trinajstić information content (AvgIpc) is 3.08. The molecular weight excluding hydrogens is 188 g/mol. The molecule has 0 bridgehead atoms. The molecule has 1 amide bonds. The highest BCUT2D eigenvalue weighted by Gasteiger charge is 2.40. The van der Waals surface area contributed by atoms with Crippen LogP contribution < -0.4 is 10.6 Å². The summed E-state index contributed by atoms with van der Waals surface area (Å²) in [5, 5.41) is 6.41. The summed E-state index contributed by atoms with van der Waals surface area (Å²) in [6, 6.07) is 0. The van der Waals surface area contributed by atoms with Gasteiger partial charge in [0, 0.05) is 13.1 Å². The van der Waals surface area contributed by atoms with Crippen LogP contribution in [0, 0.1) is 11.3 Å². The first-order chi connectivity index (χ1) is 7.26. The number of hydrogen-bond donors (Lipinski definition) is 2. The molecule has 86 valence electrons. The molecule has 1 aliphatic carbocycles. The monoisotopic (exact) mass is 210 g/mol. The van der Waals surface area contributed by atoms with E-state index in [0.717, 1.165) is 32.5 Å². The first-order valence-corrected chi connectivity index (χ1v) is 6.24. The van der Waals surface area contributed by atoms with Gasteiger partial charge in [-0.15, -0.1) is 0 Å². The first-order valence-electron chi connectivity index (χ1n) is 6.24. The Balaban J connectivity index is 1.72. The van der Waals surface area contributed by atoms with E-state index >= 15 is 0 Å². The van der Waals surface area contributed by atoms with Crippen molar-refractivity contribution in [3.05, 3.63) is 0 Å². The maximum atomic E-state index is 11.8. The topological polar surface area (TPSA) is 41.1 Å². The Bertz CT molecular complexity index is 230. The fourth-order valence-corrected chi connectivity index (χ4v) is 2.33. The molecule has 0 spiro atoms. The highest BCUT2D eigenvalue weighted by atomic mass is 16.1. The van der Waals surface area contributed by atoms with Gasteiger partial charge in [0.15, 0.2) is 0 Å². The lowest BCUT2D eigenvalue weighted by atomic mass is 9.98. The van der Waals surface area contributed by atoms with Gasteiger partial charge in [0.25, 0.3) is 0 Å². The minimum Gasteiger partial charge on any atom is -0.355 e. The molecule has 3 nitrogen and oxygen atoms in total. The second-order valence-electron chi connectivity index (χ2n) is 5.11. The molecule has 1 aliphatic heterocycles. The van der Waals surface area contributed by atoms with Gasteiger partial charge in [-0.1, -0.05) is 6.92 Å². The van der Waals surface area contributed by atoms with E-state index in [4.69, 9.17) is 0 Å². The van der Waals surface area contributed by atoms with E-state index in [-0.39, 0.29) is 11.8 Å². The summed E-state index contributed by atoms with van der Waals surface area (Å²) >= 11 is 0. The Morgan fingerprint density at radius 1 is 1.53 bits per heavy atom. The second-order valence-corrected chi connectivity index (χ2v) is 5.11. The van der Waals surface area contributed by atoms with Crippen LogP contribution >= 0.6 is 0 Å². The van der Waals surface area contributed by atoms with Crippen LogP contribution in [0.25, 0.3) is 0 Å². The molecule has 0 radical (unpaired) electrons. The van der Waals surface area contributed by atoms with Crippen LogP contribution in [0.15, 0.2) is 0 Å². The normalized spacial score (nSPS) is 28.5. The van der Waals surface area contributed by atoms with Crippen LogP contribution in [0.1, 0.15) is 39.0 Å². The molecule has 1 saturated carbocycles. The van der Waals surface area contributed by atoms with E-state index in [1.165, 1.54) is 19.3 Å². The molecule has 2 aliphatic rings. The van der Waals surface area contributed by atoms with Gasteiger partial charge >= 0.3 is 0 Å². The molecule has 1 atom stereocenters. The molecule has 2 N–H and O–H groups in total. The van der Waals surface area contributed by atoms with E-state index in [1.807, 2.05) is 0 Å². The van der Waals surface area contributed by atoms with Crippen molar-refractivity contribution in [1.82, 2.24) is 10.6 Å². The van der Waals surface area contributed by atoms with E-state index < -0.39 is 0 Å². The highest BCUT2D eigenvalue weighted by molar-refractivity contribution is 5.79. The number of carbonyl (C=O) groups is 1. The molecule has 1 saturated heterocycles. The first kappa shape index (κ1) is 10.9. The van der Waals surface area contributed by atoms with Crippen molar-refractivity contribution in [2.75, 3.05) is 19.6 Å². The zero-order chi connectivity index (χ0) is 10.7. The molecule has 2 fully saturated rings. The predicted octanol–water partition coefficient (Wildman–Crippen LogP) is 1.29. The van der Waals surface area contributed by atoms with Crippen LogP contribution in [0.2, 0.25) is 0 Å². The minimum atomic E-state index is 0.214. The number of hydrogen-bond acceptors (Lipinski definition) is 2. The van der Waals surface area contributed by atoms with E-state index in [1.54, 1.807) is 0 Å². The van der Waals surface area contributed by atoms with Crippen molar-refractivity contribution in [3.8, 4) is 0 Å². The molecule has 1 unspecified atom stereocenters. The number of piperidine rings is 1. The third kappa shape index (κ3) is 2.71. The molecule has 1 heterocycles. The van der Waals surface area contributed by atoms with Crippen LogP contribution in [0.4, 0.5) is 0 Å². The molecule has 2 rings (SSSR count). The standard InChI is InChI=1S/C12H22N2O/c1-2-12(5-6-12)9-14-11(15)10-4-3-7-13-8-10/h10,13H,2-9H2,1H3,(H,14,15). The molecule has 3 heteroatoms. The van der Waals surface area contributed by atoms with Crippen molar-refractivity contribution >= 4 is 5.91 Å². The summed E-state index contributed by atoms with van der Waals surface area (Å²) in [5.74, 6) is 0.480. The van der Waals surface area contributed by atoms with Gasteiger partial charge in [-0.3, -0.25) is 4.79 Å². The van der Waals surface area contributed by atoms with E-state index in [9.17, 15) is 4.79 Å². The summed E-state index contributed by atoms with van der Waals surface area (Å²) < 4.78 is 0. The van der Waals surface area contributed by atoms with Crippen LogP contribution in [-0.4, -0.2) is 25.5 Å². The van der Waals surface area contributed by atoms with Crippen molar-refractivity contribution in [1.29, 1.82) is 0 Å². The van der Waals surface area contributed by atoms with Gasteiger partial charge in [-0.05, 0) is 44.1 Å². The molecule has 15 heavy (non-hydrogen) atoms. The Morgan fingerprint density at radius 3 is 2.87 bits per heavy atom. The second kappa shape index (κ2) is 4.52. The fraction of sp³-hybridized carbons (Fsp3) is 0.917. The maximum Gasteiger partial charge on any atom is 0.224 e. The summed E-state index contributed by atoms with van der Waals surface area (Å²) in [7, 11) is 0. The van der Waals surface area contributed by atoms with Crippen molar-refractivity contribution in [2.45, 2.75) is 39.0 Å². The molecule has 0 aromatic carbocycles. The molecule has 0 aromatic rings. The largest absolute Gasteiger partial charge is 0.355 e. The Hall–Kier alpha value is -0.570. The Labute approximate surface area is 92.0 Å². The smallest absolute Gasteiger partial charge is 0.224 e. The average molecular weight is 210 g/mol. The summed E-state index contributed by atoms with van der Waals surface area (Å²) in [6.07, 6.45) is 5.99. The lowest BCUT2D eigenvalue weighted by molar-refractivity contribution is -0.125. The van der Waals surface area contributed by atoms with Gasteiger partial charge in [0.2, 0.25) is 5.91 Å². The molecule has 0 aromatic heterocycles. The quantitative estimate of drug-likeness (QED) is 0.734. The van der Waals surface area contributed by atoms with Gasteiger partial charge in [0.05, 0.1) is 5.92 Å². The Kier molecular flexibility index (Phi) is 3.29. The van der Waals surface area contributed by atoms with Crippen LogP contribution in [-0.2, 0) is 4.79 Å². The number of amides is 1. The number of rotatable bonds is 4. The van der Waals surface area contributed by atoms with Gasteiger partial charge in [-0.25, -0.2) is 0 Å². The van der Waals surface area contributed by atoms with Gasteiger partial charge < -0.3 is 10.6 Å². The minimum absolute atomic E-state index is 0.214. The summed E-state index contributed by atoms with van der Waals surface area (Å²) in [6.45, 7) is 5.06. The third-order valence-electron chi connectivity index (χ3n) is 4.01. The van der Waals surface area contributed by atoms with Crippen LogP contribution in [0.3, 0.4) is 0 Å². The lowest BCUT2D eigenvalue weighted by Crippen LogP contribution is -2.42.